The predicted octanol–water partition coefficient (Wildman–Crippen LogP) is 3.01. The van der Waals surface area contributed by atoms with Crippen LogP contribution in [0.15, 0.2) is 36.5 Å². The van der Waals surface area contributed by atoms with E-state index in [2.05, 4.69) is 30.8 Å². The molecule has 1 atom stereocenters. The Morgan fingerprint density at radius 3 is 2.76 bits per heavy atom. The van der Waals surface area contributed by atoms with Crippen molar-refractivity contribution in [2.24, 2.45) is 0 Å². The molecule has 11 heteroatoms. The van der Waals surface area contributed by atoms with E-state index in [0.717, 1.165) is 24.7 Å². The minimum absolute atomic E-state index is 0.0304. The number of aliphatic hydroxyl groups is 1. The second-order valence-electron chi connectivity index (χ2n) is 6.72. The summed E-state index contributed by atoms with van der Waals surface area (Å²) in [4.78, 5) is 18.9. The fourth-order valence-corrected chi connectivity index (χ4v) is 2.88. The van der Waals surface area contributed by atoms with Crippen LogP contribution < -0.4 is 10.6 Å². The Morgan fingerprint density at radius 2 is 2.10 bits per heavy atom. The van der Waals surface area contributed by atoms with E-state index < -0.39 is 16.8 Å². The highest BCUT2D eigenvalue weighted by molar-refractivity contribution is 5.64. The van der Waals surface area contributed by atoms with Crippen LogP contribution in [-0.2, 0) is 0 Å². The molecular formula is C18H18FN7O3. The molecule has 0 unspecified atom stereocenters. The molecule has 1 aliphatic rings. The Hall–Kier alpha value is -3.60. The Kier molecular flexibility index (Phi) is 5.04. The van der Waals surface area contributed by atoms with Crippen molar-refractivity contribution in [2.75, 3.05) is 17.2 Å². The van der Waals surface area contributed by atoms with Crippen molar-refractivity contribution >= 4 is 23.3 Å². The van der Waals surface area contributed by atoms with Crippen molar-refractivity contribution in [1.82, 2.24) is 20.2 Å². The molecule has 0 bridgehead atoms. The zero-order valence-corrected chi connectivity index (χ0v) is 15.2. The molecule has 3 aromatic rings. The van der Waals surface area contributed by atoms with Gasteiger partial charge in [-0.2, -0.15) is 10.1 Å². The molecule has 1 aliphatic carbocycles. The number of halogens is 1. The summed E-state index contributed by atoms with van der Waals surface area (Å²) in [5.74, 6) is 0.512. The summed E-state index contributed by atoms with van der Waals surface area (Å²) in [7, 11) is 0. The lowest BCUT2D eigenvalue weighted by Gasteiger charge is -2.17. The van der Waals surface area contributed by atoms with Crippen LogP contribution in [0.3, 0.4) is 0 Å². The van der Waals surface area contributed by atoms with Gasteiger partial charge in [0.15, 0.2) is 5.82 Å². The van der Waals surface area contributed by atoms with E-state index in [1.165, 1.54) is 24.3 Å². The van der Waals surface area contributed by atoms with Crippen molar-refractivity contribution < 1.29 is 14.4 Å². The summed E-state index contributed by atoms with van der Waals surface area (Å²) >= 11 is 0. The van der Waals surface area contributed by atoms with E-state index in [1.54, 1.807) is 6.07 Å². The minimum atomic E-state index is -0.614. The lowest BCUT2D eigenvalue weighted by Crippen LogP contribution is -2.17. The monoisotopic (exact) mass is 399 g/mol. The topological polar surface area (TPSA) is 142 Å². The molecule has 2 heterocycles. The van der Waals surface area contributed by atoms with E-state index in [1.807, 2.05) is 0 Å². The van der Waals surface area contributed by atoms with Gasteiger partial charge in [-0.05, 0) is 30.5 Å². The number of nitro groups is 1. The molecule has 2 aromatic heterocycles. The molecule has 1 saturated carbocycles. The first kappa shape index (κ1) is 18.7. The highest BCUT2D eigenvalue weighted by atomic mass is 19.1. The Bertz CT molecular complexity index is 1020. The van der Waals surface area contributed by atoms with Gasteiger partial charge >= 0.3 is 5.69 Å². The zero-order chi connectivity index (χ0) is 20.4. The molecule has 1 aromatic carbocycles. The number of benzene rings is 1. The van der Waals surface area contributed by atoms with Crippen LogP contribution in [0.2, 0.25) is 0 Å². The van der Waals surface area contributed by atoms with Crippen LogP contribution in [0.5, 0.6) is 0 Å². The third-order valence-corrected chi connectivity index (χ3v) is 4.59. The number of anilines is 3. The maximum absolute atomic E-state index is 13.1. The van der Waals surface area contributed by atoms with E-state index in [0.29, 0.717) is 17.3 Å². The number of hydrogen-bond donors (Lipinski definition) is 4. The van der Waals surface area contributed by atoms with E-state index in [-0.39, 0.29) is 24.1 Å². The number of hydrogen-bond acceptors (Lipinski definition) is 8. The van der Waals surface area contributed by atoms with Gasteiger partial charge in [0.25, 0.3) is 0 Å². The van der Waals surface area contributed by atoms with Gasteiger partial charge in [-0.25, -0.2) is 9.37 Å². The molecule has 150 valence electrons. The summed E-state index contributed by atoms with van der Waals surface area (Å²) in [5, 5.41) is 33.8. The minimum Gasteiger partial charge on any atom is -0.394 e. The highest BCUT2D eigenvalue weighted by Gasteiger charge is 2.26. The van der Waals surface area contributed by atoms with Crippen molar-refractivity contribution in [2.45, 2.75) is 24.8 Å². The predicted molar refractivity (Wildman–Crippen MR) is 102 cm³/mol. The molecule has 4 N–H and O–H groups in total. The largest absolute Gasteiger partial charge is 0.394 e. The van der Waals surface area contributed by atoms with Crippen molar-refractivity contribution in [1.29, 1.82) is 0 Å². The molecule has 0 amide bonds. The maximum atomic E-state index is 13.1. The van der Waals surface area contributed by atoms with E-state index in [9.17, 15) is 19.6 Å². The average Bonchev–Trinajstić information content (AvgIpc) is 3.46. The first-order chi connectivity index (χ1) is 14.0. The molecule has 10 nitrogen and oxygen atoms in total. The number of aliphatic hydroxyl groups excluding tert-OH is 1. The van der Waals surface area contributed by atoms with E-state index >= 15 is 0 Å². The SMILES string of the molecule is O=[N+]([O-])c1cnc(N[C@@H](CO)c2ccc(F)cc2)nc1Nc1cc(C2CC2)[nH]n1. The number of aromatic nitrogens is 4. The normalized spacial score (nSPS) is 14.4. The average molecular weight is 399 g/mol. The van der Waals surface area contributed by atoms with Crippen LogP contribution in [-0.4, -0.2) is 36.8 Å². The van der Waals surface area contributed by atoms with Gasteiger partial charge in [0.2, 0.25) is 11.8 Å². The number of aromatic amines is 1. The second kappa shape index (κ2) is 7.80. The van der Waals surface area contributed by atoms with E-state index in [4.69, 9.17) is 0 Å². The molecular weight excluding hydrogens is 381 g/mol. The Balaban J connectivity index is 1.57. The number of H-pyrrole nitrogens is 1. The highest BCUT2D eigenvalue weighted by Crippen LogP contribution is 2.40. The van der Waals surface area contributed by atoms with Crippen molar-refractivity contribution in [3.05, 3.63) is 63.7 Å². The van der Waals surface area contributed by atoms with Gasteiger partial charge in [-0.1, -0.05) is 12.1 Å². The quantitative estimate of drug-likeness (QED) is 0.334. The summed E-state index contributed by atoms with van der Waals surface area (Å²) < 4.78 is 13.1. The van der Waals surface area contributed by atoms with Gasteiger partial charge in [0.1, 0.15) is 12.0 Å². The zero-order valence-electron chi connectivity index (χ0n) is 15.2. The molecule has 29 heavy (non-hydrogen) atoms. The summed E-state index contributed by atoms with van der Waals surface area (Å²) in [6, 6.07) is 6.78. The second-order valence-corrected chi connectivity index (χ2v) is 6.72. The lowest BCUT2D eigenvalue weighted by molar-refractivity contribution is -0.384. The van der Waals surface area contributed by atoms with Crippen LogP contribution in [0.25, 0.3) is 0 Å². The Morgan fingerprint density at radius 1 is 1.34 bits per heavy atom. The Labute approximate surface area is 164 Å². The maximum Gasteiger partial charge on any atom is 0.330 e. The first-order valence-corrected chi connectivity index (χ1v) is 9.00. The lowest BCUT2D eigenvalue weighted by atomic mass is 10.1. The van der Waals surface area contributed by atoms with Crippen LogP contribution in [0, 0.1) is 15.9 Å². The summed E-state index contributed by atoms with van der Waals surface area (Å²) in [6.45, 7) is -0.307. The molecule has 1 fully saturated rings. The summed E-state index contributed by atoms with van der Waals surface area (Å²) in [6.07, 6.45) is 3.26. The van der Waals surface area contributed by atoms with Gasteiger partial charge < -0.3 is 15.7 Å². The van der Waals surface area contributed by atoms with Crippen molar-refractivity contribution in [3.63, 3.8) is 0 Å². The fraction of sp³-hybridized carbons (Fsp3) is 0.278. The molecule has 0 aliphatic heterocycles. The van der Waals surface area contributed by atoms with Crippen LogP contribution in [0.1, 0.15) is 36.1 Å². The summed E-state index contributed by atoms with van der Waals surface area (Å²) in [5.41, 5.74) is 1.28. The molecule has 0 radical (unpaired) electrons. The first-order valence-electron chi connectivity index (χ1n) is 9.00. The van der Waals surface area contributed by atoms with Crippen molar-refractivity contribution in [3.8, 4) is 0 Å². The van der Waals surface area contributed by atoms with Gasteiger partial charge in [-0.3, -0.25) is 15.2 Å². The third kappa shape index (κ3) is 4.29. The number of nitrogens with one attached hydrogen (secondary N) is 3. The molecule has 4 rings (SSSR count). The van der Waals surface area contributed by atoms with Gasteiger partial charge in [-0.15, -0.1) is 0 Å². The standard InChI is InChI=1S/C18H18FN7O3/c19-12-5-3-11(4-6-12)14(9-27)21-18-20-8-15(26(28)29)17(23-18)22-16-7-13(24-25-16)10-1-2-10/h3-8,10,14,27H,1-2,9H2,(H3,20,21,22,23,24,25)/t14-/m0/s1. The number of nitrogens with zero attached hydrogens (tertiary/aromatic N) is 4. The fourth-order valence-electron chi connectivity index (χ4n) is 2.88. The van der Waals surface area contributed by atoms with Gasteiger partial charge in [0.05, 0.1) is 17.6 Å². The molecule has 0 spiro atoms. The number of rotatable bonds is 8. The van der Waals surface area contributed by atoms with Crippen LogP contribution in [0.4, 0.5) is 27.7 Å². The van der Waals surface area contributed by atoms with Crippen LogP contribution >= 0.6 is 0 Å². The third-order valence-electron chi connectivity index (χ3n) is 4.59. The molecule has 0 saturated heterocycles. The van der Waals surface area contributed by atoms with Gasteiger partial charge in [0, 0.05) is 17.7 Å². The smallest absolute Gasteiger partial charge is 0.330 e.